The number of hydrogen-bond donors (Lipinski definition) is 0. The van der Waals surface area contributed by atoms with Crippen LogP contribution in [0.4, 0.5) is 0 Å². The minimum Gasteiger partial charge on any atom is -0.140 e. The summed E-state index contributed by atoms with van der Waals surface area (Å²) in [5.74, 6) is 0. The van der Waals surface area contributed by atoms with E-state index in [1.807, 2.05) is 18.3 Å². The van der Waals surface area contributed by atoms with Gasteiger partial charge in [-0.2, -0.15) is 0 Å². The predicted molar refractivity (Wildman–Crippen MR) is 61.0 cm³/mol. The topological polar surface area (TPSA) is 0 Å². The van der Waals surface area contributed by atoms with Gasteiger partial charge in [-0.25, -0.2) is 0 Å². The summed E-state index contributed by atoms with van der Waals surface area (Å²) in [6.07, 6.45) is 1.11. The fourth-order valence-electron chi connectivity index (χ4n) is 1.41. The lowest BCUT2D eigenvalue weighted by atomic mass is 10.2. The first kappa shape index (κ1) is 9.04. The highest BCUT2D eigenvalue weighted by Gasteiger charge is 2.03. The molecule has 1 aromatic heterocycles. The van der Waals surface area contributed by atoms with E-state index in [2.05, 4.69) is 25.1 Å². The van der Waals surface area contributed by atoms with Gasteiger partial charge in [0.25, 0.3) is 0 Å². The van der Waals surface area contributed by atoms with Crippen LogP contribution in [0.1, 0.15) is 17.4 Å². The zero-order valence-electron chi connectivity index (χ0n) is 7.73. The third-order valence-electron chi connectivity index (χ3n) is 2.20. The maximum atomic E-state index is 6.05. The molecule has 0 saturated carbocycles. The predicted octanol–water partition coefficient (Wildman–Crippen LogP) is 4.43. The van der Waals surface area contributed by atoms with Gasteiger partial charge in [0.05, 0.1) is 0 Å². The van der Waals surface area contributed by atoms with Crippen LogP contribution in [0.2, 0.25) is 5.02 Å². The van der Waals surface area contributed by atoms with Crippen LogP contribution < -0.4 is 0 Å². The van der Waals surface area contributed by atoms with Gasteiger partial charge in [-0.15, -0.1) is 11.3 Å². The number of hydrogen-bond acceptors (Lipinski definition) is 1. The SMILES string of the molecule is CCc1cc2cc(C)c(Cl)cc2s1. The minimum absolute atomic E-state index is 0.872. The molecule has 13 heavy (non-hydrogen) atoms. The molecule has 0 N–H and O–H groups in total. The van der Waals surface area contributed by atoms with Crippen molar-refractivity contribution in [2.24, 2.45) is 0 Å². The summed E-state index contributed by atoms with van der Waals surface area (Å²) in [4.78, 5) is 1.43. The lowest BCUT2D eigenvalue weighted by Gasteiger charge is -1.95. The van der Waals surface area contributed by atoms with Gasteiger partial charge in [0, 0.05) is 14.6 Å². The summed E-state index contributed by atoms with van der Waals surface area (Å²) in [6.45, 7) is 4.23. The Bertz CT molecular complexity index is 404. The van der Waals surface area contributed by atoms with Crippen molar-refractivity contribution in [3.8, 4) is 0 Å². The maximum absolute atomic E-state index is 6.05. The lowest BCUT2D eigenvalue weighted by Crippen LogP contribution is -1.72. The zero-order valence-corrected chi connectivity index (χ0v) is 9.30. The largest absolute Gasteiger partial charge is 0.140 e. The van der Waals surface area contributed by atoms with Gasteiger partial charge in [0.2, 0.25) is 0 Å². The molecule has 0 radical (unpaired) electrons. The van der Waals surface area contributed by atoms with Gasteiger partial charge in [0.15, 0.2) is 0 Å². The Balaban J connectivity index is 2.70. The Kier molecular flexibility index (Phi) is 2.31. The van der Waals surface area contributed by atoms with Gasteiger partial charge in [-0.1, -0.05) is 18.5 Å². The normalized spacial score (nSPS) is 11.0. The Morgan fingerprint density at radius 1 is 1.31 bits per heavy atom. The van der Waals surface area contributed by atoms with Crippen LogP contribution in [-0.4, -0.2) is 0 Å². The zero-order chi connectivity index (χ0) is 9.42. The molecule has 0 aliphatic heterocycles. The van der Waals surface area contributed by atoms with E-state index in [1.54, 1.807) is 0 Å². The summed E-state index contributed by atoms with van der Waals surface area (Å²) in [5.41, 5.74) is 1.16. The minimum atomic E-state index is 0.872. The Labute approximate surface area is 87.2 Å². The third kappa shape index (κ3) is 1.59. The second-order valence-corrected chi connectivity index (χ2v) is 4.78. The van der Waals surface area contributed by atoms with Crippen molar-refractivity contribution < 1.29 is 0 Å². The molecule has 2 heteroatoms. The van der Waals surface area contributed by atoms with E-state index >= 15 is 0 Å². The molecule has 0 aliphatic carbocycles. The monoisotopic (exact) mass is 210 g/mol. The molecule has 1 heterocycles. The molecule has 0 unspecified atom stereocenters. The summed E-state index contributed by atoms with van der Waals surface area (Å²) in [5, 5.41) is 2.20. The molecular weight excluding hydrogens is 200 g/mol. The standard InChI is InChI=1S/C11H11ClS/c1-3-9-5-8-4-7(2)10(12)6-11(8)13-9/h4-6H,3H2,1-2H3. The van der Waals surface area contributed by atoms with Crippen LogP contribution in [0, 0.1) is 6.92 Å². The molecule has 0 nitrogen and oxygen atoms in total. The summed E-state index contributed by atoms with van der Waals surface area (Å²) in [6, 6.07) is 6.48. The van der Waals surface area contributed by atoms with Gasteiger partial charge in [-0.3, -0.25) is 0 Å². The van der Waals surface area contributed by atoms with Crippen molar-refractivity contribution in [2.75, 3.05) is 0 Å². The molecular formula is C11H11ClS. The van der Waals surface area contributed by atoms with Crippen molar-refractivity contribution in [3.05, 3.63) is 33.7 Å². The highest BCUT2D eigenvalue weighted by atomic mass is 35.5. The van der Waals surface area contributed by atoms with Crippen LogP contribution in [0.25, 0.3) is 10.1 Å². The second kappa shape index (κ2) is 3.32. The maximum Gasteiger partial charge on any atom is 0.0449 e. The number of benzene rings is 1. The van der Waals surface area contributed by atoms with Crippen molar-refractivity contribution in [1.29, 1.82) is 0 Å². The average Bonchev–Trinajstić information content (AvgIpc) is 2.48. The second-order valence-electron chi connectivity index (χ2n) is 3.21. The van der Waals surface area contributed by atoms with E-state index in [0.717, 1.165) is 17.0 Å². The molecule has 68 valence electrons. The van der Waals surface area contributed by atoms with Crippen LogP contribution >= 0.6 is 22.9 Å². The quantitative estimate of drug-likeness (QED) is 0.654. The van der Waals surface area contributed by atoms with Crippen molar-refractivity contribution >= 4 is 33.0 Å². The molecule has 2 rings (SSSR count). The van der Waals surface area contributed by atoms with Crippen LogP contribution in [0.5, 0.6) is 0 Å². The summed E-state index contributed by atoms with van der Waals surface area (Å²) < 4.78 is 1.30. The number of rotatable bonds is 1. The highest BCUT2D eigenvalue weighted by Crippen LogP contribution is 2.30. The van der Waals surface area contributed by atoms with Crippen LogP contribution in [0.3, 0.4) is 0 Å². The van der Waals surface area contributed by atoms with Gasteiger partial charge in [-0.05, 0) is 42.5 Å². The van der Waals surface area contributed by atoms with Crippen LogP contribution in [-0.2, 0) is 6.42 Å². The van der Waals surface area contributed by atoms with E-state index < -0.39 is 0 Å². The van der Waals surface area contributed by atoms with Crippen molar-refractivity contribution in [3.63, 3.8) is 0 Å². The van der Waals surface area contributed by atoms with Crippen LogP contribution in [0.15, 0.2) is 18.2 Å². The van der Waals surface area contributed by atoms with E-state index in [-0.39, 0.29) is 0 Å². The number of fused-ring (bicyclic) bond motifs is 1. The molecule has 0 saturated heterocycles. The van der Waals surface area contributed by atoms with E-state index in [4.69, 9.17) is 11.6 Å². The highest BCUT2D eigenvalue weighted by molar-refractivity contribution is 7.19. The molecule has 0 fully saturated rings. The average molecular weight is 211 g/mol. The molecule has 0 atom stereocenters. The number of thiophene rings is 1. The third-order valence-corrected chi connectivity index (χ3v) is 3.85. The summed E-state index contributed by atoms with van der Waals surface area (Å²) >= 11 is 7.88. The van der Waals surface area contributed by atoms with Gasteiger partial charge < -0.3 is 0 Å². The van der Waals surface area contributed by atoms with Crippen molar-refractivity contribution in [2.45, 2.75) is 20.3 Å². The van der Waals surface area contributed by atoms with Gasteiger partial charge >= 0.3 is 0 Å². The fourth-order valence-corrected chi connectivity index (χ4v) is 2.66. The first-order valence-corrected chi connectivity index (χ1v) is 5.58. The summed E-state index contributed by atoms with van der Waals surface area (Å²) in [7, 11) is 0. The molecule has 0 aliphatic rings. The van der Waals surface area contributed by atoms with Gasteiger partial charge in [0.1, 0.15) is 0 Å². The first-order chi connectivity index (χ1) is 6.20. The molecule has 0 spiro atoms. The Hall–Kier alpha value is -0.530. The molecule has 0 bridgehead atoms. The molecule has 1 aromatic carbocycles. The molecule has 0 amide bonds. The fraction of sp³-hybridized carbons (Fsp3) is 0.273. The Morgan fingerprint density at radius 2 is 2.08 bits per heavy atom. The van der Waals surface area contributed by atoms with E-state index in [1.165, 1.54) is 15.0 Å². The number of aryl methyl sites for hydroxylation is 2. The molecule has 2 aromatic rings. The first-order valence-electron chi connectivity index (χ1n) is 4.39. The van der Waals surface area contributed by atoms with E-state index in [0.29, 0.717) is 0 Å². The smallest absolute Gasteiger partial charge is 0.0449 e. The van der Waals surface area contributed by atoms with E-state index in [9.17, 15) is 0 Å². The lowest BCUT2D eigenvalue weighted by molar-refractivity contribution is 1.19. The van der Waals surface area contributed by atoms with Crippen molar-refractivity contribution in [1.82, 2.24) is 0 Å². The number of halogens is 1. The Morgan fingerprint density at radius 3 is 2.77 bits per heavy atom.